The first-order valence-electron chi connectivity index (χ1n) is 8.00. The first kappa shape index (κ1) is 24.7. The number of aryl methyl sites for hydroxylation is 2. The van der Waals surface area contributed by atoms with E-state index in [-0.39, 0.29) is 39.0 Å². The van der Waals surface area contributed by atoms with E-state index in [1.165, 1.54) is 38.0 Å². The van der Waals surface area contributed by atoms with E-state index in [9.17, 15) is 0 Å². The molecule has 4 aromatic carbocycles. The molecule has 0 N–H and O–H groups in total. The van der Waals surface area contributed by atoms with Gasteiger partial charge in [0.1, 0.15) is 0 Å². The average Bonchev–Trinajstić information content (AvgIpc) is 3.18. The number of hydrogen-bond acceptors (Lipinski definition) is 0. The molecule has 0 fully saturated rings. The largest absolute Gasteiger partial charge is 4.00 e. The van der Waals surface area contributed by atoms with Crippen molar-refractivity contribution in [1.82, 2.24) is 0 Å². The molecule has 0 aliphatic heterocycles. The van der Waals surface area contributed by atoms with Gasteiger partial charge in [-0.15, -0.1) is 76.7 Å². The van der Waals surface area contributed by atoms with Gasteiger partial charge in [0, 0.05) is 0 Å². The molecular weight excluding hydrogens is 381 g/mol. The third kappa shape index (κ3) is 5.33. The average molecular weight is 404 g/mol. The van der Waals surface area contributed by atoms with Crippen molar-refractivity contribution >= 4 is 34.8 Å². The van der Waals surface area contributed by atoms with Crippen molar-refractivity contribution in [2.24, 2.45) is 0 Å². The Balaban J connectivity index is 0.000000432. The fraction of sp³-hybridized carbons (Fsp3) is 0.182. The van der Waals surface area contributed by atoms with Crippen LogP contribution in [0, 0.1) is 13.8 Å². The van der Waals surface area contributed by atoms with Crippen LogP contribution in [-0.2, 0) is 21.7 Å². The Kier molecular flexibility index (Phi) is 10.2. The summed E-state index contributed by atoms with van der Waals surface area (Å²) in [5.41, 5.74) is 2.74. The Hall–Kier alpha value is -1.34. The van der Waals surface area contributed by atoms with E-state index >= 15 is 0 Å². The molecule has 0 saturated carbocycles. The second kappa shape index (κ2) is 10.7. The zero-order valence-electron chi connectivity index (χ0n) is 15.6. The molecule has 0 aliphatic rings. The second-order valence-electron chi connectivity index (χ2n) is 6.29. The van der Waals surface area contributed by atoms with Crippen LogP contribution in [0.4, 0.5) is 0 Å². The van der Waals surface area contributed by atoms with Crippen molar-refractivity contribution in [2.45, 2.75) is 13.8 Å². The second-order valence-corrected chi connectivity index (χ2v) is 8.59. The van der Waals surface area contributed by atoms with Gasteiger partial charge in [-0.2, -0.15) is 18.2 Å². The molecule has 0 bridgehead atoms. The number of benzene rings is 2. The van der Waals surface area contributed by atoms with E-state index in [0.29, 0.717) is 0 Å². The first-order chi connectivity index (χ1) is 11.1. The van der Waals surface area contributed by atoms with Crippen molar-refractivity contribution in [3.63, 3.8) is 0 Å². The molecule has 134 valence electrons. The van der Waals surface area contributed by atoms with Crippen molar-refractivity contribution in [3.05, 3.63) is 77.9 Å². The summed E-state index contributed by atoms with van der Waals surface area (Å²) in [6.07, 6.45) is 0. The van der Waals surface area contributed by atoms with Crippen LogP contribution >= 0.6 is 7.92 Å². The minimum atomic E-state index is 0. The van der Waals surface area contributed by atoms with Crippen LogP contribution in [0.1, 0.15) is 11.1 Å². The summed E-state index contributed by atoms with van der Waals surface area (Å²) >= 11 is 0. The van der Waals surface area contributed by atoms with Crippen molar-refractivity contribution in [3.8, 4) is 0 Å². The van der Waals surface area contributed by atoms with E-state index in [1.807, 2.05) is 0 Å². The first-order valence-corrected chi connectivity index (χ1v) is 10.2. The molecule has 4 heteroatoms. The minimum Gasteiger partial charge on any atom is -1.00 e. The Morgan fingerprint density at radius 1 is 0.846 bits per heavy atom. The third-order valence-corrected chi connectivity index (χ3v) is 5.66. The van der Waals surface area contributed by atoms with Gasteiger partial charge in [-0.1, -0.05) is 24.6 Å². The predicted molar refractivity (Wildman–Crippen MR) is 107 cm³/mol. The molecule has 0 unspecified atom stereocenters. The number of rotatable bonds is 1. The molecule has 0 radical (unpaired) electrons. The normalized spacial score (nSPS) is 9.73. The Labute approximate surface area is 170 Å². The summed E-state index contributed by atoms with van der Waals surface area (Å²) in [5, 5.41) is 7.05. The molecule has 0 heterocycles. The summed E-state index contributed by atoms with van der Waals surface area (Å²) in [5.74, 6) is 0. The van der Waals surface area contributed by atoms with Gasteiger partial charge in [0.25, 0.3) is 0 Å². The van der Waals surface area contributed by atoms with Crippen LogP contribution in [0.5, 0.6) is 0 Å². The predicted octanol–water partition coefficient (Wildman–Crippen LogP) is 0.107. The number of halogens is 2. The molecule has 0 saturated heterocycles. The van der Waals surface area contributed by atoms with Gasteiger partial charge in [0.2, 0.25) is 0 Å². The SMILES string of the molecule is CP(C)c1cc2ccccc2[cH-]1.Cc1ccc(C)c2[cH-]ccc12.[F-].[F-].[Ti+4]. The molecule has 0 aliphatic carbocycles. The maximum Gasteiger partial charge on any atom is 4.00 e. The molecule has 4 rings (SSSR count). The molecular formula is C22H23F2PTi. The topological polar surface area (TPSA) is 0 Å². The number of fused-ring (bicyclic) bond motifs is 2. The maximum absolute atomic E-state index is 2.31. The van der Waals surface area contributed by atoms with Crippen LogP contribution in [0.3, 0.4) is 0 Å². The quantitative estimate of drug-likeness (QED) is 0.240. The smallest absolute Gasteiger partial charge is 1.00 e. The van der Waals surface area contributed by atoms with Gasteiger partial charge in [0.05, 0.1) is 0 Å². The van der Waals surface area contributed by atoms with Gasteiger partial charge in [-0.3, -0.25) is 0 Å². The van der Waals surface area contributed by atoms with Crippen molar-refractivity contribution < 1.29 is 31.1 Å². The molecule has 0 nitrogen and oxygen atoms in total. The molecule has 0 amide bonds. The molecule has 0 spiro atoms. The van der Waals surface area contributed by atoms with E-state index in [0.717, 1.165) is 0 Å². The van der Waals surface area contributed by atoms with Crippen molar-refractivity contribution in [1.29, 1.82) is 0 Å². The van der Waals surface area contributed by atoms with Crippen LogP contribution in [0.2, 0.25) is 0 Å². The zero-order chi connectivity index (χ0) is 16.4. The van der Waals surface area contributed by atoms with Gasteiger partial charge >= 0.3 is 21.7 Å². The Morgan fingerprint density at radius 2 is 1.50 bits per heavy atom. The Bertz CT molecular complexity index is 869. The van der Waals surface area contributed by atoms with E-state index < -0.39 is 0 Å². The number of hydrogen-bond donors (Lipinski definition) is 0. The van der Waals surface area contributed by atoms with E-state index in [2.05, 4.69) is 93.9 Å². The minimum absolute atomic E-state index is 0. The third-order valence-electron chi connectivity index (χ3n) is 4.37. The van der Waals surface area contributed by atoms with E-state index in [4.69, 9.17) is 0 Å². The monoisotopic (exact) mass is 404 g/mol. The summed E-state index contributed by atoms with van der Waals surface area (Å²) in [6, 6.07) is 24.0. The Morgan fingerprint density at radius 3 is 2.12 bits per heavy atom. The molecule has 4 aromatic rings. The van der Waals surface area contributed by atoms with E-state index in [1.54, 1.807) is 0 Å². The van der Waals surface area contributed by atoms with Crippen LogP contribution in [0.15, 0.2) is 66.7 Å². The van der Waals surface area contributed by atoms with Gasteiger partial charge < -0.3 is 9.41 Å². The molecule has 26 heavy (non-hydrogen) atoms. The molecule has 0 atom stereocenters. The standard InChI is InChI=1S/C11H12P.C11H11.2FH.Ti/c1-12(2)11-7-9-5-3-4-6-10(9)8-11;1-8-6-7-9(2)11-5-3-4-10(8)11;;;/h3-8H,1-2H3;3-7H,1-2H3;2*1H;/q2*-1;;;+4/p-2. The van der Waals surface area contributed by atoms with Crippen LogP contribution in [-0.4, -0.2) is 13.3 Å². The summed E-state index contributed by atoms with van der Waals surface area (Å²) in [6.45, 7) is 8.90. The zero-order valence-corrected chi connectivity index (χ0v) is 18.0. The van der Waals surface area contributed by atoms with Crippen LogP contribution < -0.4 is 14.7 Å². The van der Waals surface area contributed by atoms with Gasteiger partial charge in [0.15, 0.2) is 0 Å². The fourth-order valence-corrected chi connectivity index (χ4v) is 3.72. The maximum atomic E-state index is 2.31. The van der Waals surface area contributed by atoms with Gasteiger partial charge in [-0.25, -0.2) is 0 Å². The summed E-state index contributed by atoms with van der Waals surface area (Å²) in [7, 11) is 0.0576. The molecule has 0 aromatic heterocycles. The van der Waals surface area contributed by atoms with Crippen molar-refractivity contribution in [2.75, 3.05) is 13.3 Å². The van der Waals surface area contributed by atoms with Gasteiger partial charge in [-0.05, 0) is 20.3 Å². The fourth-order valence-electron chi connectivity index (χ4n) is 2.93. The summed E-state index contributed by atoms with van der Waals surface area (Å²) in [4.78, 5) is 0. The van der Waals surface area contributed by atoms with Crippen LogP contribution in [0.25, 0.3) is 21.5 Å². The summed E-state index contributed by atoms with van der Waals surface area (Å²) < 4.78 is 0.